The van der Waals surface area contributed by atoms with Crippen molar-refractivity contribution in [3.63, 3.8) is 0 Å². The predicted octanol–water partition coefficient (Wildman–Crippen LogP) is 3.80. The first-order chi connectivity index (χ1) is 11.3. The first kappa shape index (κ1) is 13.8. The Balaban J connectivity index is 2.03. The number of benzene rings is 2. The molecule has 1 N–H and O–H groups in total. The summed E-state index contributed by atoms with van der Waals surface area (Å²) in [6.07, 6.45) is 3.64. The highest BCUT2D eigenvalue weighted by molar-refractivity contribution is 5.99. The second kappa shape index (κ2) is 5.39. The molecule has 0 radical (unpaired) electrons. The fraction of sp³-hybridized carbons (Fsp3) is 0.158. The zero-order valence-electron chi connectivity index (χ0n) is 12.9. The lowest BCUT2D eigenvalue weighted by Crippen LogP contribution is -2.15. The van der Waals surface area contributed by atoms with Gasteiger partial charge in [0, 0.05) is 23.5 Å². The monoisotopic (exact) mass is 303 g/mol. The highest BCUT2D eigenvalue weighted by Crippen LogP contribution is 2.30. The number of H-pyrrole nitrogens is 1. The quantitative estimate of drug-likeness (QED) is 0.626. The van der Waals surface area contributed by atoms with E-state index in [0.29, 0.717) is 5.65 Å². The van der Waals surface area contributed by atoms with Crippen LogP contribution < -0.4 is 5.56 Å². The van der Waals surface area contributed by atoms with E-state index in [0.717, 1.165) is 35.0 Å². The molecule has 0 atom stereocenters. The Hall–Kier alpha value is -2.88. The van der Waals surface area contributed by atoms with E-state index in [1.165, 1.54) is 9.90 Å². The molecule has 0 saturated carbocycles. The summed E-state index contributed by atoms with van der Waals surface area (Å²) in [6.45, 7) is 2.09. The van der Waals surface area contributed by atoms with Gasteiger partial charge in [-0.15, -0.1) is 0 Å². The van der Waals surface area contributed by atoms with Gasteiger partial charge in [-0.05, 0) is 22.8 Å². The van der Waals surface area contributed by atoms with E-state index in [1.54, 1.807) is 6.07 Å². The largest absolute Gasteiger partial charge is 0.296 e. The summed E-state index contributed by atoms with van der Waals surface area (Å²) in [4.78, 5) is 17.0. The van der Waals surface area contributed by atoms with Crippen LogP contribution in [0.5, 0.6) is 0 Å². The van der Waals surface area contributed by atoms with E-state index in [1.807, 2.05) is 24.4 Å². The van der Waals surface area contributed by atoms with Gasteiger partial charge in [0.2, 0.25) is 0 Å². The van der Waals surface area contributed by atoms with Crippen LogP contribution in [0, 0.1) is 0 Å². The minimum absolute atomic E-state index is 0.0649. The number of hydrogen-bond acceptors (Lipinski definition) is 2. The van der Waals surface area contributed by atoms with Gasteiger partial charge in [0.15, 0.2) is 5.65 Å². The third kappa shape index (κ3) is 2.23. The van der Waals surface area contributed by atoms with Crippen LogP contribution in [0.3, 0.4) is 0 Å². The Morgan fingerprint density at radius 3 is 2.78 bits per heavy atom. The van der Waals surface area contributed by atoms with Gasteiger partial charge in [-0.1, -0.05) is 55.8 Å². The van der Waals surface area contributed by atoms with Crippen LogP contribution in [0.15, 0.2) is 59.5 Å². The lowest BCUT2D eigenvalue weighted by Gasteiger charge is -2.05. The summed E-state index contributed by atoms with van der Waals surface area (Å²) in [5.74, 6) is 0. The predicted molar refractivity (Wildman–Crippen MR) is 92.7 cm³/mol. The molecular weight excluding hydrogens is 286 g/mol. The lowest BCUT2D eigenvalue weighted by molar-refractivity contribution is 0.839. The standard InChI is InChI=1S/C19H17N3O/c1-2-6-14-11-18(23)22-19(21-14)17(12-20-22)16-10-5-8-13-7-3-4-9-15(13)16/h3-5,7-12,20H,2,6H2,1H3. The third-order valence-electron chi connectivity index (χ3n) is 4.14. The molecule has 4 aromatic rings. The first-order valence-electron chi connectivity index (χ1n) is 7.86. The van der Waals surface area contributed by atoms with Gasteiger partial charge in [0.25, 0.3) is 5.56 Å². The Labute approximate surface area is 133 Å². The average molecular weight is 303 g/mol. The summed E-state index contributed by atoms with van der Waals surface area (Å²) in [5, 5.41) is 5.37. The molecule has 2 heterocycles. The maximum absolute atomic E-state index is 12.3. The van der Waals surface area contributed by atoms with Gasteiger partial charge in [-0.25, -0.2) is 9.50 Å². The summed E-state index contributed by atoms with van der Waals surface area (Å²) in [5.41, 5.74) is 3.51. The number of aryl methyl sites for hydroxylation is 1. The molecular formula is C19H17N3O. The normalized spacial score (nSPS) is 11.3. The minimum Gasteiger partial charge on any atom is -0.296 e. The average Bonchev–Trinajstić information content (AvgIpc) is 2.99. The molecule has 4 rings (SSSR count). The van der Waals surface area contributed by atoms with Crippen molar-refractivity contribution in [1.29, 1.82) is 0 Å². The van der Waals surface area contributed by atoms with Crippen LogP contribution in [0.4, 0.5) is 0 Å². The molecule has 0 amide bonds. The summed E-state index contributed by atoms with van der Waals surface area (Å²) in [7, 11) is 0. The van der Waals surface area contributed by atoms with E-state index >= 15 is 0 Å². The maximum atomic E-state index is 12.3. The topological polar surface area (TPSA) is 50.2 Å². The van der Waals surface area contributed by atoms with E-state index < -0.39 is 0 Å². The Bertz CT molecular complexity index is 1050. The molecule has 0 aliphatic carbocycles. The molecule has 0 fully saturated rings. The highest BCUT2D eigenvalue weighted by atomic mass is 16.1. The molecule has 4 heteroatoms. The van der Waals surface area contributed by atoms with Gasteiger partial charge >= 0.3 is 0 Å². The van der Waals surface area contributed by atoms with E-state index in [9.17, 15) is 4.79 Å². The van der Waals surface area contributed by atoms with Crippen LogP contribution in [-0.4, -0.2) is 14.6 Å². The molecule has 0 unspecified atom stereocenters. The molecule has 23 heavy (non-hydrogen) atoms. The maximum Gasteiger partial charge on any atom is 0.272 e. The van der Waals surface area contributed by atoms with Gasteiger partial charge in [0.1, 0.15) is 0 Å². The second-order valence-electron chi connectivity index (χ2n) is 5.71. The van der Waals surface area contributed by atoms with Crippen molar-refractivity contribution in [2.24, 2.45) is 0 Å². The fourth-order valence-electron chi connectivity index (χ4n) is 3.07. The molecule has 0 aliphatic rings. The number of aromatic nitrogens is 3. The number of aromatic amines is 1. The lowest BCUT2D eigenvalue weighted by atomic mass is 10.0. The van der Waals surface area contributed by atoms with Gasteiger partial charge in [-0.3, -0.25) is 9.89 Å². The van der Waals surface area contributed by atoms with Gasteiger partial charge < -0.3 is 0 Å². The number of hydrogen-bond donors (Lipinski definition) is 1. The van der Waals surface area contributed by atoms with Crippen molar-refractivity contribution in [3.8, 4) is 11.1 Å². The van der Waals surface area contributed by atoms with Crippen LogP contribution in [0.2, 0.25) is 0 Å². The van der Waals surface area contributed by atoms with E-state index in [4.69, 9.17) is 4.98 Å². The van der Waals surface area contributed by atoms with Crippen molar-refractivity contribution < 1.29 is 0 Å². The van der Waals surface area contributed by atoms with E-state index in [2.05, 4.69) is 36.3 Å². The fourth-order valence-corrected chi connectivity index (χ4v) is 3.07. The van der Waals surface area contributed by atoms with Gasteiger partial charge in [-0.2, -0.15) is 0 Å². The van der Waals surface area contributed by atoms with Gasteiger partial charge in [0.05, 0.1) is 0 Å². The van der Waals surface area contributed by atoms with E-state index in [-0.39, 0.29) is 5.56 Å². The summed E-state index contributed by atoms with van der Waals surface area (Å²) < 4.78 is 1.51. The third-order valence-corrected chi connectivity index (χ3v) is 4.14. The van der Waals surface area contributed by atoms with Crippen LogP contribution in [0.25, 0.3) is 27.5 Å². The zero-order valence-corrected chi connectivity index (χ0v) is 12.9. The second-order valence-corrected chi connectivity index (χ2v) is 5.71. The van der Waals surface area contributed by atoms with Crippen molar-refractivity contribution >= 4 is 16.4 Å². The Kier molecular flexibility index (Phi) is 3.23. The molecule has 0 aliphatic heterocycles. The molecule has 2 aromatic heterocycles. The first-order valence-corrected chi connectivity index (χ1v) is 7.86. The summed E-state index contributed by atoms with van der Waals surface area (Å²) >= 11 is 0. The molecule has 114 valence electrons. The van der Waals surface area contributed by atoms with Crippen molar-refractivity contribution in [2.45, 2.75) is 19.8 Å². The van der Waals surface area contributed by atoms with Crippen LogP contribution in [0.1, 0.15) is 19.0 Å². The zero-order chi connectivity index (χ0) is 15.8. The molecule has 0 spiro atoms. The molecule has 0 bridgehead atoms. The summed E-state index contributed by atoms with van der Waals surface area (Å²) in [6, 6.07) is 16.1. The van der Waals surface area contributed by atoms with Crippen LogP contribution in [-0.2, 0) is 6.42 Å². The van der Waals surface area contributed by atoms with Crippen molar-refractivity contribution in [2.75, 3.05) is 0 Å². The number of fused-ring (bicyclic) bond motifs is 2. The Morgan fingerprint density at radius 1 is 1.09 bits per heavy atom. The number of rotatable bonds is 3. The highest BCUT2D eigenvalue weighted by Gasteiger charge is 2.12. The van der Waals surface area contributed by atoms with Crippen LogP contribution >= 0.6 is 0 Å². The number of nitrogens with one attached hydrogen (secondary N) is 1. The SMILES string of the molecule is CCCc1cc(=O)n2[nH]cc(-c3cccc4ccccc34)c2n1. The smallest absolute Gasteiger partial charge is 0.272 e. The minimum atomic E-state index is -0.0649. The Morgan fingerprint density at radius 2 is 1.91 bits per heavy atom. The van der Waals surface area contributed by atoms with Crippen molar-refractivity contribution in [3.05, 3.63) is 70.8 Å². The molecule has 0 saturated heterocycles. The molecule has 2 aromatic carbocycles. The van der Waals surface area contributed by atoms with Crippen molar-refractivity contribution in [1.82, 2.24) is 14.6 Å². The number of nitrogens with zero attached hydrogens (tertiary/aromatic N) is 2. The molecule has 4 nitrogen and oxygen atoms in total.